The summed E-state index contributed by atoms with van der Waals surface area (Å²) in [7, 11) is 0. The zero-order valence-corrected chi connectivity index (χ0v) is 11.9. The van der Waals surface area contributed by atoms with Gasteiger partial charge in [-0.25, -0.2) is 0 Å². The standard InChI is InChI=1S/C16H10F6O2/c17-15(18,19)14(16(20,21)22)11-3-7-13(8-4-11)24-12-5-1-10(9-23)2-6-12/h1-9,14H. The summed E-state index contributed by atoms with van der Waals surface area (Å²) in [6.45, 7) is 0. The summed E-state index contributed by atoms with van der Waals surface area (Å²) in [6, 6.07) is 9.31. The lowest BCUT2D eigenvalue weighted by Gasteiger charge is -2.23. The molecule has 2 nitrogen and oxygen atoms in total. The Labute approximate surface area is 132 Å². The third kappa shape index (κ3) is 4.27. The van der Waals surface area contributed by atoms with Gasteiger partial charge < -0.3 is 4.74 Å². The Balaban J connectivity index is 2.21. The number of hydrogen-bond acceptors (Lipinski definition) is 2. The average molecular weight is 348 g/mol. The highest BCUT2D eigenvalue weighted by atomic mass is 19.4. The first-order valence-corrected chi connectivity index (χ1v) is 6.58. The predicted molar refractivity (Wildman–Crippen MR) is 73.2 cm³/mol. The zero-order valence-electron chi connectivity index (χ0n) is 11.9. The molecule has 8 heteroatoms. The molecule has 2 aromatic carbocycles. The second-order valence-corrected chi connectivity index (χ2v) is 4.87. The van der Waals surface area contributed by atoms with Crippen molar-refractivity contribution in [2.24, 2.45) is 0 Å². The molecule has 0 aromatic heterocycles. The van der Waals surface area contributed by atoms with Gasteiger partial charge in [-0.3, -0.25) is 4.79 Å². The largest absolute Gasteiger partial charge is 0.457 e. The minimum Gasteiger partial charge on any atom is -0.457 e. The lowest BCUT2D eigenvalue weighted by molar-refractivity contribution is -0.253. The van der Waals surface area contributed by atoms with Gasteiger partial charge in [-0.15, -0.1) is 0 Å². The van der Waals surface area contributed by atoms with Crippen molar-refractivity contribution in [2.45, 2.75) is 18.3 Å². The van der Waals surface area contributed by atoms with E-state index in [2.05, 4.69) is 0 Å². The van der Waals surface area contributed by atoms with E-state index < -0.39 is 23.8 Å². The van der Waals surface area contributed by atoms with Crippen LogP contribution >= 0.6 is 0 Å². The van der Waals surface area contributed by atoms with E-state index >= 15 is 0 Å². The first kappa shape index (κ1) is 17.8. The van der Waals surface area contributed by atoms with Crippen LogP contribution in [0.1, 0.15) is 21.8 Å². The maximum Gasteiger partial charge on any atom is 0.404 e. The minimum atomic E-state index is -5.44. The summed E-state index contributed by atoms with van der Waals surface area (Å²) < 4.78 is 81.2. The Morgan fingerprint density at radius 2 is 1.17 bits per heavy atom. The van der Waals surface area contributed by atoms with Gasteiger partial charge in [-0.1, -0.05) is 12.1 Å². The first-order chi connectivity index (χ1) is 11.1. The van der Waals surface area contributed by atoms with Crippen molar-refractivity contribution < 1.29 is 35.9 Å². The van der Waals surface area contributed by atoms with Crippen molar-refractivity contribution in [1.29, 1.82) is 0 Å². The third-order valence-electron chi connectivity index (χ3n) is 3.12. The quantitative estimate of drug-likeness (QED) is 0.539. The maximum absolute atomic E-state index is 12.6. The zero-order chi connectivity index (χ0) is 18.0. The highest BCUT2D eigenvalue weighted by molar-refractivity contribution is 5.74. The van der Waals surface area contributed by atoms with E-state index in [0.29, 0.717) is 11.8 Å². The fourth-order valence-corrected chi connectivity index (χ4v) is 2.04. The summed E-state index contributed by atoms with van der Waals surface area (Å²) in [6.07, 6.45) is -10.3. The molecule has 0 fully saturated rings. The van der Waals surface area contributed by atoms with Gasteiger partial charge in [-0.2, -0.15) is 26.3 Å². The first-order valence-electron chi connectivity index (χ1n) is 6.58. The van der Waals surface area contributed by atoms with Crippen LogP contribution in [0.25, 0.3) is 0 Å². The van der Waals surface area contributed by atoms with Crippen LogP contribution < -0.4 is 4.74 Å². The second kappa shape index (κ2) is 6.54. The van der Waals surface area contributed by atoms with Crippen LogP contribution in [-0.4, -0.2) is 18.6 Å². The molecule has 0 aliphatic rings. The smallest absolute Gasteiger partial charge is 0.404 e. The van der Waals surface area contributed by atoms with E-state index in [9.17, 15) is 31.1 Å². The van der Waals surface area contributed by atoms with Gasteiger partial charge in [-0.05, 0) is 42.0 Å². The summed E-state index contributed by atoms with van der Waals surface area (Å²) >= 11 is 0. The molecule has 0 atom stereocenters. The maximum atomic E-state index is 12.6. The molecule has 0 amide bonds. The summed E-state index contributed by atoms with van der Waals surface area (Å²) in [5.74, 6) is -3.19. The highest BCUT2D eigenvalue weighted by Crippen LogP contribution is 2.46. The van der Waals surface area contributed by atoms with Crippen LogP contribution in [0.3, 0.4) is 0 Å². The Morgan fingerprint density at radius 1 is 0.750 bits per heavy atom. The molecule has 2 aromatic rings. The molecule has 0 saturated heterocycles. The van der Waals surface area contributed by atoms with Gasteiger partial charge in [0.25, 0.3) is 0 Å². The molecule has 24 heavy (non-hydrogen) atoms. The molecular formula is C16H10F6O2. The normalized spacial score (nSPS) is 12.3. The molecule has 0 aliphatic heterocycles. The van der Waals surface area contributed by atoms with Gasteiger partial charge >= 0.3 is 12.4 Å². The van der Waals surface area contributed by atoms with Crippen molar-refractivity contribution in [2.75, 3.05) is 0 Å². The SMILES string of the molecule is O=Cc1ccc(Oc2ccc(C(C(F)(F)F)C(F)(F)F)cc2)cc1. The highest BCUT2D eigenvalue weighted by Gasteiger charge is 2.57. The van der Waals surface area contributed by atoms with Crippen LogP contribution in [0, 0.1) is 0 Å². The summed E-state index contributed by atoms with van der Waals surface area (Å²) in [4.78, 5) is 10.5. The Kier molecular flexibility index (Phi) is 4.86. The number of aldehydes is 1. The molecule has 0 spiro atoms. The number of hydrogen-bond donors (Lipinski definition) is 0. The molecule has 0 heterocycles. The topological polar surface area (TPSA) is 26.3 Å². The Morgan fingerprint density at radius 3 is 1.54 bits per heavy atom. The number of carbonyl (C=O) groups excluding carboxylic acids is 1. The molecule has 128 valence electrons. The van der Waals surface area contributed by atoms with Gasteiger partial charge in [0.2, 0.25) is 0 Å². The summed E-state index contributed by atoms with van der Waals surface area (Å²) in [5, 5.41) is 0. The fourth-order valence-electron chi connectivity index (χ4n) is 2.04. The average Bonchev–Trinajstić information content (AvgIpc) is 2.47. The monoisotopic (exact) mass is 348 g/mol. The van der Waals surface area contributed by atoms with Crippen molar-refractivity contribution in [1.82, 2.24) is 0 Å². The molecule has 0 unspecified atom stereocenters. The van der Waals surface area contributed by atoms with Crippen LogP contribution in [0.15, 0.2) is 48.5 Å². The number of rotatable bonds is 4. The molecule has 2 rings (SSSR count). The molecule has 0 saturated carbocycles. The number of alkyl halides is 6. The van der Waals surface area contributed by atoms with Gasteiger partial charge in [0.1, 0.15) is 17.8 Å². The summed E-state index contributed by atoms with van der Waals surface area (Å²) in [5.41, 5.74) is -0.519. The number of carbonyl (C=O) groups is 1. The van der Waals surface area contributed by atoms with Gasteiger partial charge in [0, 0.05) is 5.56 Å². The van der Waals surface area contributed by atoms with E-state index in [-0.39, 0.29) is 11.5 Å². The third-order valence-corrected chi connectivity index (χ3v) is 3.12. The lowest BCUT2D eigenvalue weighted by Crippen LogP contribution is -2.34. The Hall–Kier alpha value is -2.51. The predicted octanol–water partition coefficient (Wildman–Crippen LogP) is 5.50. The van der Waals surface area contributed by atoms with Crippen molar-refractivity contribution in [3.8, 4) is 11.5 Å². The Bertz CT molecular complexity index is 672. The van der Waals surface area contributed by atoms with E-state index in [1.807, 2.05) is 0 Å². The van der Waals surface area contributed by atoms with E-state index in [0.717, 1.165) is 24.3 Å². The van der Waals surface area contributed by atoms with E-state index in [4.69, 9.17) is 4.74 Å². The van der Waals surface area contributed by atoms with Crippen molar-refractivity contribution in [3.05, 3.63) is 59.7 Å². The number of benzene rings is 2. The fraction of sp³-hybridized carbons (Fsp3) is 0.188. The van der Waals surface area contributed by atoms with Gasteiger partial charge in [0.15, 0.2) is 5.92 Å². The van der Waals surface area contributed by atoms with E-state index in [1.54, 1.807) is 0 Å². The van der Waals surface area contributed by atoms with Crippen LogP contribution in [0.2, 0.25) is 0 Å². The van der Waals surface area contributed by atoms with Crippen LogP contribution in [-0.2, 0) is 0 Å². The minimum absolute atomic E-state index is 0.0701. The van der Waals surface area contributed by atoms with Gasteiger partial charge in [0.05, 0.1) is 0 Å². The number of ether oxygens (including phenoxy) is 1. The molecule has 0 radical (unpaired) electrons. The number of halogens is 6. The lowest BCUT2D eigenvalue weighted by atomic mass is 9.98. The molecular weight excluding hydrogens is 338 g/mol. The molecule has 0 N–H and O–H groups in total. The van der Waals surface area contributed by atoms with Crippen LogP contribution in [0.4, 0.5) is 26.3 Å². The molecule has 0 aliphatic carbocycles. The second-order valence-electron chi connectivity index (χ2n) is 4.87. The van der Waals surface area contributed by atoms with Crippen LogP contribution in [0.5, 0.6) is 11.5 Å². The van der Waals surface area contributed by atoms with Crippen molar-refractivity contribution in [3.63, 3.8) is 0 Å². The molecule has 0 bridgehead atoms. The van der Waals surface area contributed by atoms with E-state index in [1.165, 1.54) is 24.3 Å². The van der Waals surface area contributed by atoms with Crippen molar-refractivity contribution >= 4 is 6.29 Å².